The van der Waals surface area contributed by atoms with Crippen LogP contribution in [-0.2, 0) is 11.2 Å². The van der Waals surface area contributed by atoms with Crippen molar-refractivity contribution in [3.8, 4) is 11.4 Å². The third-order valence-electron chi connectivity index (χ3n) is 4.10. The number of thiophene rings is 1. The maximum Gasteiger partial charge on any atom is 0.227 e. The second kappa shape index (κ2) is 8.42. The van der Waals surface area contributed by atoms with Gasteiger partial charge in [-0.1, -0.05) is 5.16 Å². The molecular weight excluding hydrogens is 336 g/mol. The Labute approximate surface area is 145 Å². The molecule has 0 saturated carbocycles. The first kappa shape index (κ1) is 17.9. The van der Waals surface area contributed by atoms with Gasteiger partial charge in [0.05, 0.1) is 0 Å². The third kappa shape index (κ3) is 4.53. The number of likely N-dealkylation sites (tertiary alicyclic amines) is 1. The zero-order valence-electron chi connectivity index (χ0n) is 12.8. The Morgan fingerprint density at radius 2 is 2.22 bits per heavy atom. The second-order valence-corrected chi connectivity index (χ2v) is 6.36. The van der Waals surface area contributed by atoms with Crippen molar-refractivity contribution in [1.29, 1.82) is 0 Å². The predicted molar refractivity (Wildman–Crippen MR) is 91.5 cm³/mol. The first-order valence-electron chi connectivity index (χ1n) is 7.59. The van der Waals surface area contributed by atoms with Gasteiger partial charge in [-0.25, -0.2) is 0 Å². The van der Waals surface area contributed by atoms with Crippen molar-refractivity contribution in [2.75, 3.05) is 19.6 Å². The molecule has 1 amide bonds. The van der Waals surface area contributed by atoms with E-state index in [4.69, 9.17) is 10.3 Å². The van der Waals surface area contributed by atoms with Gasteiger partial charge in [0.1, 0.15) is 0 Å². The SMILES string of the molecule is Cl.NCC1CCN(C(=O)CCc2nc(-c3ccsc3)no2)CC1. The topological polar surface area (TPSA) is 85.2 Å². The second-order valence-electron chi connectivity index (χ2n) is 5.58. The van der Waals surface area contributed by atoms with Gasteiger partial charge in [0.15, 0.2) is 0 Å². The number of amides is 1. The van der Waals surface area contributed by atoms with Crippen molar-refractivity contribution < 1.29 is 9.32 Å². The van der Waals surface area contributed by atoms with Crippen molar-refractivity contribution in [2.45, 2.75) is 25.7 Å². The van der Waals surface area contributed by atoms with E-state index in [1.165, 1.54) is 0 Å². The molecule has 0 spiro atoms. The Morgan fingerprint density at radius 1 is 1.43 bits per heavy atom. The van der Waals surface area contributed by atoms with Gasteiger partial charge in [-0.2, -0.15) is 16.3 Å². The van der Waals surface area contributed by atoms with Crippen molar-refractivity contribution in [2.24, 2.45) is 11.7 Å². The molecule has 126 valence electrons. The quantitative estimate of drug-likeness (QED) is 0.888. The highest BCUT2D eigenvalue weighted by molar-refractivity contribution is 7.08. The van der Waals surface area contributed by atoms with E-state index in [0.717, 1.165) is 38.0 Å². The number of aromatic nitrogens is 2. The first-order valence-corrected chi connectivity index (χ1v) is 8.53. The lowest BCUT2D eigenvalue weighted by Crippen LogP contribution is -2.40. The number of hydrogen-bond donors (Lipinski definition) is 1. The minimum absolute atomic E-state index is 0. The fraction of sp³-hybridized carbons (Fsp3) is 0.533. The zero-order valence-corrected chi connectivity index (χ0v) is 14.4. The summed E-state index contributed by atoms with van der Waals surface area (Å²) < 4.78 is 5.22. The summed E-state index contributed by atoms with van der Waals surface area (Å²) in [6.07, 6.45) is 2.92. The normalized spacial score (nSPS) is 15.4. The number of nitrogens with two attached hydrogens (primary N) is 1. The van der Waals surface area contributed by atoms with Crippen LogP contribution in [0.25, 0.3) is 11.4 Å². The molecule has 1 aliphatic rings. The molecule has 1 fully saturated rings. The third-order valence-corrected chi connectivity index (χ3v) is 4.78. The van der Waals surface area contributed by atoms with Gasteiger partial charge in [-0.3, -0.25) is 4.79 Å². The largest absolute Gasteiger partial charge is 0.343 e. The van der Waals surface area contributed by atoms with Gasteiger partial charge in [0, 0.05) is 36.9 Å². The van der Waals surface area contributed by atoms with Crippen LogP contribution in [0.3, 0.4) is 0 Å². The van der Waals surface area contributed by atoms with E-state index in [1.807, 2.05) is 21.7 Å². The Bertz CT molecular complexity index is 609. The van der Waals surface area contributed by atoms with E-state index in [-0.39, 0.29) is 18.3 Å². The molecule has 2 N–H and O–H groups in total. The lowest BCUT2D eigenvalue weighted by Gasteiger charge is -2.31. The lowest BCUT2D eigenvalue weighted by atomic mass is 9.97. The predicted octanol–water partition coefficient (Wildman–Crippen LogP) is 2.35. The number of hydrogen-bond acceptors (Lipinski definition) is 6. The van der Waals surface area contributed by atoms with Crippen LogP contribution >= 0.6 is 23.7 Å². The standard InChI is InChI=1S/C15H20N4O2S.ClH/c16-9-11-3-6-19(7-4-11)14(20)2-1-13-17-15(18-21-13)12-5-8-22-10-12;/h5,8,10-11H,1-4,6-7,9,16H2;1H. The first-order chi connectivity index (χ1) is 10.8. The van der Waals surface area contributed by atoms with Crippen LogP contribution in [-0.4, -0.2) is 40.6 Å². The molecular formula is C15H21ClN4O2S. The van der Waals surface area contributed by atoms with Crippen molar-refractivity contribution in [3.05, 3.63) is 22.7 Å². The zero-order chi connectivity index (χ0) is 15.4. The van der Waals surface area contributed by atoms with Gasteiger partial charge in [-0.05, 0) is 36.8 Å². The Morgan fingerprint density at radius 3 is 2.87 bits per heavy atom. The molecule has 0 aliphatic carbocycles. The van der Waals surface area contributed by atoms with Crippen LogP contribution in [0.1, 0.15) is 25.2 Å². The van der Waals surface area contributed by atoms with Crippen LogP contribution < -0.4 is 5.73 Å². The summed E-state index contributed by atoms with van der Waals surface area (Å²) in [6.45, 7) is 2.34. The van der Waals surface area contributed by atoms with Gasteiger partial charge in [0.25, 0.3) is 0 Å². The molecule has 23 heavy (non-hydrogen) atoms. The van der Waals surface area contributed by atoms with E-state index < -0.39 is 0 Å². The average Bonchev–Trinajstić information content (AvgIpc) is 3.23. The summed E-state index contributed by atoms with van der Waals surface area (Å²) in [7, 11) is 0. The highest BCUT2D eigenvalue weighted by Gasteiger charge is 2.22. The van der Waals surface area contributed by atoms with Crippen molar-refractivity contribution in [3.63, 3.8) is 0 Å². The highest BCUT2D eigenvalue weighted by Crippen LogP contribution is 2.20. The molecule has 6 nitrogen and oxygen atoms in total. The number of aryl methyl sites for hydroxylation is 1. The monoisotopic (exact) mass is 356 g/mol. The van der Waals surface area contributed by atoms with Crippen LogP contribution in [0.5, 0.6) is 0 Å². The molecule has 1 aliphatic heterocycles. The van der Waals surface area contributed by atoms with E-state index >= 15 is 0 Å². The maximum atomic E-state index is 12.2. The molecule has 0 unspecified atom stereocenters. The summed E-state index contributed by atoms with van der Waals surface area (Å²) in [5, 5.41) is 7.90. The van der Waals surface area contributed by atoms with Gasteiger partial charge in [-0.15, -0.1) is 12.4 Å². The van der Waals surface area contributed by atoms with Crippen LogP contribution in [0, 0.1) is 5.92 Å². The van der Waals surface area contributed by atoms with Crippen LogP contribution in [0.4, 0.5) is 0 Å². The van der Waals surface area contributed by atoms with Gasteiger partial charge < -0.3 is 15.2 Å². The van der Waals surface area contributed by atoms with Crippen molar-refractivity contribution in [1.82, 2.24) is 15.0 Å². The molecule has 8 heteroatoms. The fourth-order valence-electron chi connectivity index (χ4n) is 2.66. The highest BCUT2D eigenvalue weighted by atomic mass is 35.5. The number of piperidine rings is 1. The lowest BCUT2D eigenvalue weighted by molar-refractivity contribution is -0.132. The van der Waals surface area contributed by atoms with Crippen molar-refractivity contribution >= 4 is 29.7 Å². The smallest absolute Gasteiger partial charge is 0.227 e. The number of halogens is 1. The number of carbonyl (C=O) groups excluding carboxylic acids is 1. The Hall–Kier alpha value is -1.44. The Kier molecular flexibility index (Phi) is 6.56. The molecule has 2 aromatic heterocycles. The molecule has 0 bridgehead atoms. The summed E-state index contributed by atoms with van der Waals surface area (Å²) >= 11 is 1.59. The maximum absolute atomic E-state index is 12.2. The number of rotatable bonds is 5. The fourth-order valence-corrected chi connectivity index (χ4v) is 3.29. The number of carbonyl (C=O) groups is 1. The summed E-state index contributed by atoms with van der Waals surface area (Å²) in [4.78, 5) is 18.5. The van der Waals surface area contributed by atoms with E-state index in [0.29, 0.717) is 30.5 Å². The summed E-state index contributed by atoms with van der Waals surface area (Å²) in [5.41, 5.74) is 6.63. The van der Waals surface area contributed by atoms with E-state index in [1.54, 1.807) is 11.3 Å². The molecule has 0 radical (unpaired) electrons. The van der Waals surface area contributed by atoms with Gasteiger partial charge in [0.2, 0.25) is 17.6 Å². The van der Waals surface area contributed by atoms with E-state index in [9.17, 15) is 4.79 Å². The summed E-state index contributed by atoms with van der Waals surface area (Å²) in [5.74, 6) is 1.83. The minimum atomic E-state index is 0. The molecule has 3 heterocycles. The molecule has 3 rings (SSSR count). The summed E-state index contributed by atoms with van der Waals surface area (Å²) in [6, 6.07) is 1.95. The number of nitrogens with zero attached hydrogens (tertiary/aromatic N) is 3. The van der Waals surface area contributed by atoms with Crippen LogP contribution in [0.15, 0.2) is 21.3 Å². The van der Waals surface area contributed by atoms with E-state index in [2.05, 4.69) is 10.1 Å². The molecule has 1 saturated heterocycles. The Balaban J connectivity index is 0.00000192. The van der Waals surface area contributed by atoms with Crippen LogP contribution in [0.2, 0.25) is 0 Å². The molecule has 0 atom stereocenters. The average molecular weight is 357 g/mol. The molecule has 0 aromatic carbocycles. The minimum Gasteiger partial charge on any atom is -0.343 e. The molecule has 2 aromatic rings. The van der Waals surface area contributed by atoms with Gasteiger partial charge >= 0.3 is 0 Å².